The number of nitrogens with one attached hydrogen (secondary N) is 1. The second-order valence-corrected chi connectivity index (χ2v) is 4.94. The summed E-state index contributed by atoms with van der Waals surface area (Å²) in [5, 5.41) is 3.96. The van der Waals surface area contributed by atoms with Gasteiger partial charge in [0, 0.05) is 29.0 Å². The summed E-state index contributed by atoms with van der Waals surface area (Å²) in [5.41, 5.74) is -0.367. The van der Waals surface area contributed by atoms with Crippen molar-refractivity contribution in [3.8, 4) is 0 Å². The third-order valence-corrected chi connectivity index (χ3v) is 3.38. The maximum atomic E-state index is 12.7. The number of benzene rings is 2. The van der Waals surface area contributed by atoms with Gasteiger partial charge in [0.25, 0.3) is 5.91 Å². The molecule has 1 N–H and O–H groups in total. The van der Waals surface area contributed by atoms with Gasteiger partial charge in [0.05, 0.1) is 5.56 Å². The lowest BCUT2D eigenvalue weighted by atomic mass is 10.1. The Hall–Kier alpha value is -2.89. The summed E-state index contributed by atoms with van der Waals surface area (Å²) in [6.07, 6.45) is -1.29. The van der Waals surface area contributed by atoms with Crippen molar-refractivity contribution >= 4 is 22.4 Å². The fourth-order valence-corrected chi connectivity index (χ4v) is 2.28. The van der Waals surface area contributed by atoms with Crippen LogP contribution >= 0.6 is 0 Å². The summed E-state index contributed by atoms with van der Waals surface area (Å²) in [6.45, 7) is 0. The highest BCUT2D eigenvalue weighted by Gasteiger charge is 2.30. The summed E-state index contributed by atoms with van der Waals surface area (Å²) in [6, 6.07) is 11.4. The van der Waals surface area contributed by atoms with Crippen LogP contribution in [0.4, 0.5) is 18.9 Å². The highest BCUT2D eigenvalue weighted by molar-refractivity contribution is 6.12. The van der Waals surface area contributed by atoms with E-state index in [0.29, 0.717) is 10.9 Å². The molecule has 0 aliphatic rings. The van der Waals surface area contributed by atoms with Gasteiger partial charge in [-0.25, -0.2) is 0 Å². The smallest absolute Gasteiger partial charge is 0.322 e. The van der Waals surface area contributed by atoms with Gasteiger partial charge in [-0.05, 0) is 35.7 Å². The van der Waals surface area contributed by atoms with Crippen molar-refractivity contribution in [2.24, 2.45) is 0 Å². The summed E-state index contributed by atoms with van der Waals surface area (Å²) in [4.78, 5) is 16.3. The van der Waals surface area contributed by atoms with Gasteiger partial charge in [-0.1, -0.05) is 18.2 Å². The third-order valence-electron chi connectivity index (χ3n) is 3.38. The number of pyridine rings is 1. The molecule has 1 aromatic heterocycles. The summed E-state index contributed by atoms with van der Waals surface area (Å²) in [7, 11) is 0. The first-order chi connectivity index (χ1) is 10.9. The van der Waals surface area contributed by atoms with E-state index in [9.17, 15) is 18.0 Å². The van der Waals surface area contributed by atoms with Gasteiger partial charge in [0.2, 0.25) is 0 Å². The number of carbonyl (C=O) groups excluding carboxylic acids is 1. The Morgan fingerprint density at radius 2 is 1.83 bits per heavy atom. The number of rotatable bonds is 2. The second kappa shape index (κ2) is 5.72. The lowest BCUT2D eigenvalue weighted by molar-refractivity contribution is -0.137. The Labute approximate surface area is 129 Å². The average Bonchev–Trinajstić information content (AvgIpc) is 2.53. The maximum absolute atomic E-state index is 12.7. The molecule has 0 atom stereocenters. The lowest BCUT2D eigenvalue weighted by Gasteiger charge is -2.11. The van der Waals surface area contributed by atoms with Crippen LogP contribution in [0.1, 0.15) is 15.9 Å². The predicted octanol–water partition coefficient (Wildman–Crippen LogP) is 4.51. The molecule has 0 saturated carbocycles. The molecular formula is C17H11F3N2O. The largest absolute Gasteiger partial charge is 0.416 e. The van der Waals surface area contributed by atoms with Gasteiger partial charge < -0.3 is 5.32 Å². The van der Waals surface area contributed by atoms with Crippen molar-refractivity contribution in [2.75, 3.05) is 5.32 Å². The van der Waals surface area contributed by atoms with Gasteiger partial charge in [-0.2, -0.15) is 13.2 Å². The Morgan fingerprint density at radius 3 is 2.61 bits per heavy atom. The molecule has 1 heterocycles. The highest BCUT2D eigenvalue weighted by atomic mass is 19.4. The van der Waals surface area contributed by atoms with E-state index in [-0.39, 0.29) is 5.69 Å². The van der Waals surface area contributed by atoms with Crippen LogP contribution < -0.4 is 5.32 Å². The molecule has 0 saturated heterocycles. The van der Waals surface area contributed by atoms with Crippen LogP contribution in [0.5, 0.6) is 0 Å². The van der Waals surface area contributed by atoms with Crippen molar-refractivity contribution in [1.82, 2.24) is 4.98 Å². The van der Waals surface area contributed by atoms with E-state index >= 15 is 0 Å². The van der Waals surface area contributed by atoms with Crippen LogP contribution in [-0.2, 0) is 6.18 Å². The van der Waals surface area contributed by atoms with Gasteiger partial charge in [0.1, 0.15) is 0 Å². The first kappa shape index (κ1) is 15.0. The first-order valence-electron chi connectivity index (χ1n) is 6.76. The van der Waals surface area contributed by atoms with Gasteiger partial charge in [-0.3, -0.25) is 9.78 Å². The number of hydrogen-bond donors (Lipinski definition) is 1. The summed E-state index contributed by atoms with van der Waals surface area (Å²) >= 11 is 0. The van der Waals surface area contributed by atoms with Crippen LogP contribution in [0.25, 0.3) is 10.8 Å². The molecule has 1 amide bonds. The third kappa shape index (κ3) is 3.15. The summed E-state index contributed by atoms with van der Waals surface area (Å²) in [5.74, 6) is -0.483. The van der Waals surface area contributed by atoms with E-state index < -0.39 is 17.6 Å². The van der Waals surface area contributed by atoms with Gasteiger partial charge in [-0.15, -0.1) is 0 Å². The number of halogens is 3. The number of alkyl halides is 3. The molecule has 0 bridgehead atoms. The SMILES string of the molecule is O=C(Nc1cccc(C(F)(F)F)c1)c1cccc2ccncc12. The van der Waals surface area contributed by atoms with Crippen molar-refractivity contribution in [3.05, 3.63) is 72.1 Å². The zero-order chi connectivity index (χ0) is 16.4. The summed E-state index contributed by atoms with van der Waals surface area (Å²) < 4.78 is 38.1. The first-order valence-corrected chi connectivity index (χ1v) is 6.76. The van der Waals surface area contributed by atoms with Crippen LogP contribution in [0.15, 0.2) is 60.9 Å². The van der Waals surface area contributed by atoms with E-state index in [1.807, 2.05) is 6.07 Å². The average molecular weight is 316 g/mol. The Bertz CT molecular complexity index is 870. The van der Waals surface area contributed by atoms with Crippen molar-refractivity contribution in [1.29, 1.82) is 0 Å². The maximum Gasteiger partial charge on any atom is 0.416 e. The Morgan fingerprint density at radius 1 is 1.04 bits per heavy atom. The molecule has 0 spiro atoms. The molecule has 0 aliphatic carbocycles. The molecule has 0 aliphatic heterocycles. The van der Waals surface area contributed by atoms with E-state index in [4.69, 9.17) is 0 Å². The second-order valence-electron chi connectivity index (χ2n) is 4.94. The number of nitrogens with zero attached hydrogens (tertiary/aromatic N) is 1. The lowest BCUT2D eigenvalue weighted by Crippen LogP contribution is -2.13. The molecule has 3 rings (SSSR count). The van der Waals surface area contributed by atoms with Crippen LogP contribution in [0.2, 0.25) is 0 Å². The normalized spacial score (nSPS) is 11.4. The number of carbonyl (C=O) groups is 1. The molecule has 3 aromatic rings. The van der Waals surface area contributed by atoms with Crippen molar-refractivity contribution in [3.63, 3.8) is 0 Å². The topological polar surface area (TPSA) is 42.0 Å². The molecular weight excluding hydrogens is 305 g/mol. The number of fused-ring (bicyclic) bond motifs is 1. The van der Waals surface area contributed by atoms with Crippen molar-refractivity contribution < 1.29 is 18.0 Å². The fourth-order valence-electron chi connectivity index (χ4n) is 2.28. The minimum absolute atomic E-state index is 0.0886. The predicted molar refractivity (Wildman–Crippen MR) is 81.1 cm³/mol. The zero-order valence-electron chi connectivity index (χ0n) is 11.8. The Kier molecular flexibility index (Phi) is 3.73. The van der Waals surface area contributed by atoms with E-state index in [1.54, 1.807) is 30.6 Å². The van der Waals surface area contributed by atoms with E-state index in [1.165, 1.54) is 12.1 Å². The minimum atomic E-state index is -4.45. The molecule has 23 heavy (non-hydrogen) atoms. The standard InChI is InChI=1S/C17H11F3N2O/c18-17(19,20)12-4-2-5-13(9-12)22-16(23)14-6-1-3-11-7-8-21-10-15(11)14/h1-10H,(H,22,23). The monoisotopic (exact) mass is 316 g/mol. The molecule has 0 unspecified atom stereocenters. The van der Waals surface area contributed by atoms with E-state index in [2.05, 4.69) is 10.3 Å². The van der Waals surface area contributed by atoms with Crippen LogP contribution in [0, 0.1) is 0 Å². The molecule has 6 heteroatoms. The van der Waals surface area contributed by atoms with Gasteiger partial charge in [0.15, 0.2) is 0 Å². The number of hydrogen-bond acceptors (Lipinski definition) is 2. The fraction of sp³-hybridized carbons (Fsp3) is 0.0588. The Balaban J connectivity index is 1.93. The minimum Gasteiger partial charge on any atom is -0.322 e. The quantitative estimate of drug-likeness (QED) is 0.756. The molecule has 2 aromatic carbocycles. The number of aromatic nitrogens is 1. The molecule has 116 valence electrons. The van der Waals surface area contributed by atoms with Crippen LogP contribution in [-0.4, -0.2) is 10.9 Å². The van der Waals surface area contributed by atoms with Crippen LogP contribution in [0.3, 0.4) is 0 Å². The molecule has 3 nitrogen and oxygen atoms in total. The molecule has 0 radical (unpaired) electrons. The number of amides is 1. The van der Waals surface area contributed by atoms with E-state index in [0.717, 1.165) is 17.5 Å². The highest BCUT2D eigenvalue weighted by Crippen LogP contribution is 2.30. The zero-order valence-corrected chi connectivity index (χ0v) is 11.8. The van der Waals surface area contributed by atoms with Gasteiger partial charge >= 0.3 is 6.18 Å². The van der Waals surface area contributed by atoms with Crippen molar-refractivity contribution in [2.45, 2.75) is 6.18 Å². The number of anilines is 1. The molecule has 0 fully saturated rings.